The summed E-state index contributed by atoms with van der Waals surface area (Å²) in [4.78, 5) is 55.4. The summed E-state index contributed by atoms with van der Waals surface area (Å²) in [6.07, 6.45) is 2.49. The molecule has 2 aromatic heterocycles. The number of ether oxygens (including phenoxy) is 1. The predicted octanol–water partition coefficient (Wildman–Crippen LogP) is 1.87. The first-order chi connectivity index (χ1) is 20.2. The molecule has 1 aromatic carbocycles. The van der Waals surface area contributed by atoms with E-state index in [1.807, 2.05) is 48.9 Å². The topological polar surface area (TPSA) is 119 Å². The van der Waals surface area contributed by atoms with Gasteiger partial charge in [0.25, 0.3) is 5.91 Å². The van der Waals surface area contributed by atoms with Crippen molar-refractivity contribution in [2.45, 2.75) is 39.2 Å². The SMILES string of the molecule is Cc1cc(C)n(CCC(=O)N2CCCOc3cccc(c3)[C@H]3CN(C(=O)c4ccc(=O)n(C)c4)C[C@@H]3C(=O)NCC2)n1. The van der Waals surface area contributed by atoms with E-state index < -0.39 is 5.92 Å². The van der Waals surface area contributed by atoms with Crippen LogP contribution in [0.3, 0.4) is 0 Å². The summed E-state index contributed by atoms with van der Waals surface area (Å²) in [7, 11) is 1.60. The molecule has 5 rings (SSSR count). The van der Waals surface area contributed by atoms with Crippen LogP contribution in [0.25, 0.3) is 0 Å². The Hall–Kier alpha value is -4.41. The zero-order valence-corrected chi connectivity index (χ0v) is 24.4. The molecule has 0 unspecified atom stereocenters. The number of carbonyl (C=O) groups excluding carboxylic acids is 3. The average molecular weight is 575 g/mol. The second-order valence-corrected chi connectivity index (χ2v) is 11.1. The van der Waals surface area contributed by atoms with Gasteiger partial charge in [0.2, 0.25) is 17.4 Å². The van der Waals surface area contributed by atoms with Crippen molar-refractivity contribution >= 4 is 17.7 Å². The zero-order chi connectivity index (χ0) is 29.8. The number of hydrogen-bond donors (Lipinski definition) is 1. The van der Waals surface area contributed by atoms with Crippen LogP contribution >= 0.6 is 0 Å². The van der Waals surface area contributed by atoms with Gasteiger partial charge in [0.1, 0.15) is 5.75 Å². The number of amides is 3. The number of nitrogens with zero attached hydrogens (tertiary/aromatic N) is 5. The first kappa shape index (κ1) is 29.1. The molecule has 222 valence electrons. The Balaban J connectivity index is 1.32. The summed E-state index contributed by atoms with van der Waals surface area (Å²) in [5.41, 5.74) is 3.06. The maximum absolute atomic E-state index is 13.6. The van der Waals surface area contributed by atoms with E-state index in [2.05, 4.69) is 10.4 Å². The van der Waals surface area contributed by atoms with Crippen LogP contribution in [0.15, 0.2) is 53.5 Å². The molecule has 2 aliphatic heterocycles. The first-order valence-electron chi connectivity index (χ1n) is 14.4. The molecule has 0 spiro atoms. The summed E-state index contributed by atoms with van der Waals surface area (Å²) in [6.45, 7) is 6.65. The Kier molecular flexibility index (Phi) is 8.75. The molecule has 1 saturated heterocycles. The molecule has 11 nitrogen and oxygen atoms in total. The van der Waals surface area contributed by atoms with Crippen LogP contribution in [-0.2, 0) is 23.2 Å². The molecule has 1 fully saturated rings. The van der Waals surface area contributed by atoms with E-state index in [0.29, 0.717) is 63.5 Å². The normalized spacial score (nSPS) is 19.5. The minimum absolute atomic E-state index is 0.00123. The number of likely N-dealkylation sites (tertiary alicyclic amines) is 1. The maximum Gasteiger partial charge on any atom is 0.255 e. The van der Waals surface area contributed by atoms with Crippen LogP contribution in [-0.4, -0.2) is 81.2 Å². The third-order valence-corrected chi connectivity index (χ3v) is 8.08. The standard InChI is InChI=1S/C31H38N6O5/c1-21-16-22(2)37(33-21)13-10-29(39)35-12-5-15-42-25-7-4-6-23(17-25)26-19-36(20-27(26)30(40)32-11-14-35)31(41)24-8-9-28(38)34(3)18-24/h4,6-9,16-18,26-27H,5,10-15,19-20H2,1-3H3,(H,32,40)/t26-,27+/m1/s1. The molecule has 0 aliphatic carbocycles. The second-order valence-electron chi connectivity index (χ2n) is 11.1. The number of hydrogen-bond acceptors (Lipinski definition) is 6. The van der Waals surface area contributed by atoms with Crippen LogP contribution in [0.5, 0.6) is 5.75 Å². The van der Waals surface area contributed by atoms with Crippen molar-refractivity contribution in [3.63, 3.8) is 0 Å². The van der Waals surface area contributed by atoms with Crippen molar-refractivity contribution < 1.29 is 19.1 Å². The molecule has 3 aromatic rings. The van der Waals surface area contributed by atoms with Gasteiger partial charge in [-0.2, -0.15) is 5.10 Å². The number of fused-ring (bicyclic) bond motifs is 4. The number of pyridine rings is 1. The number of carbonyl (C=O) groups is 3. The molecule has 2 atom stereocenters. The summed E-state index contributed by atoms with van der Waals surface area (Å²) >= 11 is 0. The van der Waals surface area contributed by atoms with Crippen molar-refractivity contribution in [2.24, 2.45) is 13.0 Å². The average Bonchev–Trinajstić information content (AvgIpc) is 3.56. The lowest BCUT2D eigenvalue weighted by atomic mass is 9.88. The highest BCUT2D eigenvalue weighted by Gasteiger charge is 2.41. The fraction of sp³-hybridized carbons (Fsp3) is 0.452. The minimum atomic E-state index is -0.477. The van der Waals surface area contributed by atoms with Crippen LogP contribution in [0.1, 0.15) is 46.1 Å². The van der Waals surface area contributed by atoms with Crippen LogP contribution in [0, 0.1) is 19.8 Å². The Bertz CT molecular complexity index is 1530. The molecule has 0 radical (unpaired) electrons. The fourth-order valence-corrected chi connectivity index (χ4v) is 5.82. The van der Waals surface area contributed by atoms with E-state index in [0.717, 1.165) is 17.0 Å². The predicted molar refractivity (Wildman–Crippen MR) is 156 cm³/mol. The van der Waals surface area contributed by atoms with Crippen molar-refractivity contribution in [1.82, 2.24) is 29.5 Å². The third kappa shape index (κ3) is 6.56. The molecule has 3 amide bonds. The van der Waals surface area contributed by atoms with Gasteiger partial charge in [-0.1, -0.05) is 12.1 Å². The van der Waals surface area contributed by atoms with Gasteiger partial charge < -0.3 is 24.4 Å². The quantitative estimate of drug-likeness (QED) is 0.508. The van der Waals surface area contributed by atoms with E-state index >= 15 is 0 Å². The van der Waals surface area contributed by atoms with Gasteiger partial charge in [0.05, 0.1) is 23.8 Å². The Labute approximate surface area is 245 Å². The molecule has 0 saturated carbocycles. The molecule has 1 N–H and O–H groups in total. The van der Waals surface area contributed by atoms with Gasteiger partial charge in [-0.05, 0) is 50.1 Å². The lowest BCUT2D eigenvalue weighted by Gasteiger charge is -2.25. The van der Waals surface area contributed by atoms with Crippen molar-refractivity contribution in [3.8, 4) is 5.75 Å². The van der Waals surface area contributed by atoms with Crippen LogP contribution in [0.4, 0.5) is 0 Å². The first-order valence-corrected chi connectivity index (χ1v) is 14.4. The highest BCUT2D eigenvalue weighted by atomic mass is 16.5. The summed E-state index contributed by atoms with van der Waals surface area (Å²) in [5, 5.41) is 7.49. The maximum atomic E-state index is 13.6. The monoisotopic (exact) mass is 574 g/mol. The smallest absolute Gasteiger partial charge is 0.255 e. The number of aryl methyl sites for hydroxylation is 4. The van der Waals surface area contributed by atoms with Crippen LogP contribution in [0.2, 0.25) is 0 Å². The van der Waals surface area contributed by atoms with E-state index in [4.69, 9.17) is 4.74 Å². The summed E-state index contributed by atoms with van der Waals surface area (Å²) in [6, 6.07) is 12.6. The number of aromatic nitrogens is 3. The molecular formula is C31H38N6O5. The fourth-order valence-electron chi connectivity index (χ4n) is 5.82. The van der Waals surface area contributed by atoms with E-state index in [1.54, 1.807) is 16.8 Å². The van der Waals surface area contributed by atoms with Crippen LogP contribution < -0.4 is 15.6 Å². The number of rotatable bonds is 4. The Morgan fingerprint density at radius 2 is 1.83 bits per heavy atom. The number of nitrogens with one attached hydrogen (secondary N) is 1. The molecule has 2 aliphatic rings. The van der Waals surface area contributed by atoms with Gasteiger partial charge >= 0.3 is 0 Å². The van der Waals surface area contributed by atoms with E-state index in [9.17, 15) is 19.2 Å². The van der Waals surface area contributed by atoms with Gasteiger partial charge in [0, 0.05) is 76.6 Å². The van der Waals surface area contributed by atoms with Gasteiger partial charge in [-0.3, -0.25) is 23.9 Å². The van der Waals surface area contributed by atoms with Gasteiger partial charge in [-0.25, -0.2) is 0 Å². The van der Waals surface area contributed by atoms with Crippen molar-refractivity contribution in [3.05, 3.63) is 81.5 Å². The van der Waals surface area contributed by atoms with Crippen molar-refractivity contribution in [1.29, 1.82) is 0 Å². The highest BCUT2D eigenvalue weighted by molar-refractivity contribution is 5.95. The lowest BCUT2D eigenvalue weighted by Crippen LogP contribution is -2.42. The number of benzene rings is 1. The molecule has 4 heterocycles. The molecular weight excluding hydrogens is 536 g/mol. The molecule has 42 heavy (non-hydrogen) atoms. The van der Waals surface area contributed by atoms with E-state index in [1.165, 1.54) is 22.9 Å². The van der Waals surface area contributed by atoms with E-state index in [-0.39, 0.29) is 35.7 Å². The summed E-state index contributed by atoms with van der Waals surface area (Å²) < 4.78 is 9.26. The zero-order valence-electron chi connectivity index (χ0n) is 24.4. The lowest BCUT2D eigenvalue weighted by molar-refractivity contribution is -0.132. The van der Waals surface area contributed by atoms with Crippen molar-refractivity contribution in [2.75, 3.05) is 39.3 Å². The third-order valence-electron chi connectivity index (χ3n) is 8.08. The Morgan fingerprint density at radius 1 is 1.02 bits per heavy atom. The second kappa shape index (κ2) is 12.6. The molecule has 2 bridgehead atoms. The Morgan fingerprint density at radius 3 is 2.60 bits per heavy atom. The summed E-state index contributed by atoms with van der Waals surface area (Å²) in [5.74, 6) is -0.404. The highest BCUT2D eigenvalue weighted by Crippen LogP contribution is 2.35. The molecule has 11 heteroatoms. The van der Waals surface area contributed by atoms with Gasteiger partial charge in [-0.15, -0.1) is 0 Å². The van der Waals surface area contributed by atoms with Gasteiger partial charge in [0.15, 0.2) is 0 Å². The largest absolute Gasteiger partial charge is 0.494 e. The minimum Gasteiger partial charge on any atom is -0.494 e.